The van der Waals surface area contributed by atoms with Crippen LogP contribution < -0.4 is 5.32 Å². The van der Waals surface area contributed by atoms with Gasteiger partial charge in [0.1, 0.15) is 17.3 Å². The van der Waals surface area contributed by atoms with E-state index in [9.17, 15) is 13.6 Å². The smallest absolute Gasteiger partial charge is 0.257 e. The number of rotatable bonds is 3. The number of pyridine rings is 1. The van der Waals surface area contributed by atoms with Gasteiger partial charge in [-0.25, -0.2) is 13.8 Å². The van der Waals surface area contributed by atoms with E-state index in [0.717, 1.165) is 29.0 Å². The molecule has 0 radical (unpaired) electrons. The van der Waals surface area contributed by atoms with Gasteiger partial charge in [0.15, 0.2) is 0 Å². The number of carbonyl (C=O) groups excluding carboxylic acids is 1. The molecule has 0 fully saturated rings. The highest BCUT2D eigenvalue weighted by Gasteiger charge is 2.15. The number of fused-ring (bicyclic) bond motifs is 1. The van der Waals surface area contributed by atoms with Crippen LogP contribution in [0.25, 0.3) is 16.9 Å². The van der Waals surface area contributed by atoms with Crippen molar-refractivity contribution in [3.63, 3.8) is 0 Å². The van der Waals surface area contributed by atoms with E-state index in [0.29, 0.717) is 6.07 Å². The summed E-state index contributed by atoms with van der Waals surface area (Å²) in [5.41, 5.74) is 2.45. The van der Waals surface area contributed by atoms with Crippen molar-refractivity contribution >= 4 is 28.8 Å². The standard InChI is InChI=1S/C20H12ClF2N3O/c21-15-9-12(18-11-24-19-3-1-2-8-26(18)19)4-6-14(15)20(27)25-17-7-5-13(22)10-16(17)23/h1-11H,(H,25,27). The van der Waals surface area contributed by atoms with Gasteiger partial charge in [0, 0.05) is 17.8 Å². The highest BCUT2D eigenvalue weighted by Crippen LogP contribution is 2.27. The summed E-state index contributed by atoms with van der Waals surface area (Å²) in [6.07, 6.45) is 3.60. The molecule has 0 bridgehead atoms. The number of benzene rings is 2. The molecule has 0 spiro atoms. The van der Waals surface area contributed by atoms with Gasteiger partial charge in [-0.15, -0.1) is 0 Å². The maximum Gasteiger partial charge on any atom is 0.257 e. The summed E-state index contributed by atoms with van der Waals surface area (Å²) in [4.78, 5) is 16.7. The normalized spacial score (nSPS) is 10.9. The number of hydrogen-bond acceptors (Lipinski definition) is 2. The van der Waals surface area contributed by atoms with Crippen LogP contribution in [-0.2, 0) is 0 Å². The molecule has 27 heavy (non-hydrogen) atoms. The molecule has 0 aliphatic carbocycles. The molecule has 0 atom stereocenters. The van der Waals surface area contributed by atoms with Crippen molar-refractivity contribution in [1.82, 2.24) is 9.38 Å². The predicted octanol–water partition coefficient (Wildman–Crippen LogP) is 5.19. The third kappa shape index (κ3) is 3.27. The van der Waals surface area contributed by atoms with Crippen molar-refractivity contribution in [2.24, 2.45) is 0 Å². The molecule has 4 aromatic rings. The van der Waals surface area contributed by atoms with Crippen LogP contribution in [0, 0.1) is 11.6 Å². The highest BCUT2D eigenvalue weighted by atomic mass is 35.5. The molecule has 2 aromatic heterocycles. The molecule has 4 rings (SSSR count). The number of carbonyl (C=O) groups is 1. The van der Waals surface area contributed by atoms with Crippen LogP contribution in [0.15, 0.2) is 67.0 Å². The van der Waals surface area contributed by atoms with E-state index in [1.165, 1.54) is 0 Å². The Morgan fingerprint density at radius 1 is 1.07 bits per heavy atom. The van der Waals surface area contributed by atoms with Gasteiger partial charge in [0.05, 0.1) is 28.2 Å². The average Bonchev–Trinajstić information content (AvgIpc) is 3.08. The highest BCUT2D eigenvalue weighted by molar-refractivity contribution is 6.34. The number of amides is 1. The number of imidazole rings is 1. The Morgan fingerprint density at radius 3 is 2.70 bits per heavy atom. The monoisotopic (exact) mass is 383 g/mol. The zero-order valence-electron chi connectivity index (χ0n) is 13.8. The molecule has 0 unspecified atom stereocenters. The first-order valence-corrected chi connectivity index (χ1v) is 8.39. The maximum atomic E-state index is 13.7. The molecule has 0 saturated carbocycles. The Labute approximate surface area is 158 Å². The predicted molar refractivity (Wildman–Crippen MR) is 99.9 cm³/mol. The fraction of sp³-hybridized carbons (Fsp3) is 0. The minimum Gasteiger partial charge on any atom is -0.319 e. The van der Waals surface area contributed by atoms with E-state index in [-0.39, 0.29) is 16.3 Å². The molecule has 1 N–H and O–H groups in total. The topological polar surface area (TPSA) is 46.4 Å². The summed E-state index contributed by atoms with van der Waals surface area (Å²) >= 11 is 6.28. The lowest BCUT2D eigenvalue weighted by atomic mass is 10.1. The molecular weight excluding hydrogens is 372 g/mol. The first-order valence-electron chi connectivity index (χ1n) is 8.01. The lowest BCUT2D eigenvalue weighted by Crippen LogP contribution is -2.13. The SMILES string of the molecule is O=C(Nc1ccc(F)cc1F)c1ccc(-c2cnc3ccccn23)cc1Cl. The lowest BCUT2D eigenvalue weighted by Gasteiger charge is -2.09. The van der Waals surface area contributed by atoms with Gasteiger partial charge in [-0.3, -0.25) is 9.20 Å². The fourth-order valence-electron chi connectivity index (χ4n) is 2.79. The zero-order valence-corrected chi connectivity index (χ0v) is 14.5. The van der Waals surface area contributed by atoms with Crippen molar-refractivity contribution in [2.45, 2.75) is 0 Å². The number of halogens is 3. The van der Waals surface area contributed by atoms with Crippen LogP contribution in [0.2, 0.25) is 5.02 Å². The second-order valence-corrected chi connectivity index (χ2v) is 6.25. The van der Waals surface area contributed by atoms with Gasteiger partial charge in [-0.05, 0) is 36.4 Å². The summed E-state index contributed by atoms with van der Waals surface area (Å²) in [6.45, 7) is 0. The molecule has 2 aromatic carbocycles. The average molecular weight is 384 g/mol. The van der Waals surface area contributed by atoms with Crippen LogP contribution >= 0.6 is 11.6 Å². The van der Waals surface area contributed by atoms with Crippen molar-refractivity contribution < 1.29 is 13.6 Å². The minimum absolute atomic E-state index is 0.122. The van der Waals surface area contributed by atoms with E-state index in [1.54, 1.807) is 24.4 Å². The number of anilines is 1. The Bertz CT molecular complexity index is 1170. The largest absolute Gasteiger partial charge is 0.319 e. The number of hydrogen-bond donors (Lipinski definition) is 1. The van der Waals surface area contributed by atoms with Crippen molar-refractivity contribution in [1.29, 1.82) is 0 Å². The third-order valence-electron chi connectivity index (χ3n) is 4.11. The fourth-order valence-corrected chi connectivity index (χ4v) is 3.05. The van der Waals surface area contributed by atoms with Crippen LogP contribution in [0.1, 0.15) is 10.4 Å². The quantitative estimate of drug-likeness (QED) is 0.529. The molecule has 134 valence electrons. The molecular formula is C20H12ClF2N3O. The summed E-state index contributed by atoms with van der Waals surface area (Å²) in [5.74, 6) is -2.17. The van der Waals surface area contributed by atoms with E-state index in [4.69, 9.17) is 11.6 Å². The van der Waals surface area contributed by atoms with Gasteiger partial charge in [0.2, 0.25) is 0 Å². The Kier molecular flexibility index (Phi) is 4.33. The second kappa shape index (κ2) is 6.81. The van der Waals surface area contributed by atoms with Crippen LogP contribution in [0.4, 0.5) is 14.5 Å². The van der Waals surface area contributed by atoms with Crippen LogP contribution in [0.3, 0.4) is 0 Å². The van der Waals surface area contributed by atoms with Gasteiger partial charge in [0.25, 0.3) is 5.91 Å². The van der Waals surface area contributed by atoms with E-state index in [1.807, 2.05) is 28.8 Å². The molecule has 0 aliphatic rings. The number of aromatic nitrogens is 2. The van der Waals surface area contributed by atoms with Crippen LogP contribution in [-0.4, -0.2) is 15.3 Å². The summed E-state index contributed by atoms with van der Waals surface area (Å²) in [6, 6.07) is 13.5. The summed E-state index contributed by atoms with van der Waals surface area (Å²) in [7, 11) is 0. The summed E-state index contributed by atoms with van der Waals surface area (Å²) in [5, 5.41) is 2.60. The number of nitrogens with zero attached hydrogens (tertiary/aromatic N) is 2. The molecule has 0 aliphatic heterocycles. The number of nitrogens with one attached hydrogen (secondary N) is 1. The molecule has 1 amide bonds. The van der Waals surface area contributed by atoms with Gasteiger partial charge in [-0.1, -0.05) is 23.7 Å². The second-order valence-electron chi connectivity index (χ2n) is 5.85. The Morgan fingerprint density at radius 2 is 1.93 bits per heavy atom. The first-order chi connectivity index (χ1) is 13.0. The van der Waals surface area contributed by atoms with Gasteiger partial charge in [-0.2, -0.15) is 0 Å². The van der Waals surface area contributed by atoms with Gasteiger partial charge >= 0.3 is 0 Å². The third-order valence-corrected chi connectivity index (χ3v) is 4.42. The van der Waals surface area contributed by atoms with E-state index >= 15 is 0 Å². The molecule has 2 heterocycles. The van der Waals surface area contributed by atoms with E-state index in [2.05, 4.69) is 10.3 Å². The molecule has 7 heteroatoms. The maximum absolute atomic E-state index is 13.7. The van der Waals surface area contributed by atoms with Crippen molar-refractivity contribution in [3.8, 4) is 11.3 Å². The Balaban J connectivity index is 1.64. The zero-order chi connectivity index (χ0) is 19.0. The summed E-state index contributed by atoms with van der Waals surface area (Å²) < 4.78 is 28.6. The van der Waals surface area contributed by atoms with E-state index < -0.39 is 17.5 Å². The molecule has 4 nitrogen and oxygen atoms in total. The Hall–Kier alpha value is -3.25. The van der Waals surface area contributed by atoms with Crippen molar-refractivity contribution in [2.75, 3.05) is 5.32 Å². The van der Waals surface area contributed by atoms with Crippen LogP contribution in [0.5, 0.6) is 0 Å². The lowest BCUT2D eigenvalue weighted by molar-refractivity contribution is 0.102. The minimum atomic E-state index is -0.859. The molecule has 0 saturated heterocycles. The first kappa shape index (κ1) is 17.2. The van der Waals surface area contributed by atoms with Crippen molar-refractivity contribution in [3.05, 3.63) is 89.2 Å². The van der Waals surface area contributed by atoms with Gasteiger partial charge < -0.3 is 5.32 Å².